The molecule has 6 heteroatoms. The molecule has 4 N–H and O–H groups in total. The third-order valence-electron chi connectivity index (χ3n) is 2.68. The number of hydrogen-bond acceptors (Lipinski definition) is 6. The molecule has 5 nitrogen and oxygen atoms in total. The Morgan fingerprint density at radius 1 is 1.37 bits per heavy atom. The number of rotatable bonds is 4. The van der Waals surface area contributed by atoms with Crippen molar-refractivity contribution in [1.29, 1.82) is 0 Å². The summed E-state index contributed by atoms with van der Waals surface area (Å²) in [6.07, 6.45) is 0. The van der Waals surface area contributed by atoms with Gasteiger partial charge in [0.25, 0.3) is 0 Å². The lowest BCUT2D eigenvalue weighted by atomic mass is 10.1. The van der Waals surface area contributed by atoms with Crippen molar-refractivity contribution >= 4 is 17.4 Å². The maximum atomic E-state index is 6.01. The smallest absolute Gasteiger partial charge is 0.237 e. The Labute approximate surface area is 116 Å². The molecule has 0 atom stereocenters. The molecule has 0 fully saturated rings. The minimum absolute atomic E-state index is 0.514. The van der Waals surface area contributed by atoms with Crippen molar-refractivity contribution in [3.63, 3.8) is 0 Å². The lowest BCUT2D eigenvalue weighted by molar-refractivity contribution is 0.370. The second-order valence-corrected chi connectivity index (χ2v) is 6.03. The fourth-order valence-corrected chi connectivity index (χ4v) is 2.38. The van der Waals surface area contributed by atoms with Crippen molar-refractivity contribution in [2.45, 2.75) is 37.0 Å². The molecule has 0 aliphatic rings. The Kier molecular flexibility index (Phi) is 3.82. The predicted molar refractivity (Wildman–Crippen MR) is 76.7 cm³/mol. The quantitative estimate of drug-likeness (QED) is 0.659. The van der Waals surface area contributed by atoms with Crippen molar-refractivity contribution in [3.05, 3.63) is 35.5 Å². The van der Waals surface area contributed by atoms with Gasteiger partial charge in [-0.15, -0.1) is 11.8 Å². The van der Waals surface area contributed by atoms with Crippen LogP contribution in [0.15, 0.2) is 27.6 Å². The largest absolute Gasteiger partial charge is 0.398 e. The second-order valence-electron chi connectivity index (χ2n) is 5.01. The van der Waals surface area contributed by atoms with Crippen LogP contribution in [0.1, 0.15) is 31.1 Å². The molecular weight excluding hydrogens is 260 g/mol. The molecule has 19 heavy (non-hydrogen) atoms. The topological polar surface area (TPSA) is 91.0 Å². The van der Waals surface area contributed by atoms with E-state index in [-0.39, 0.29) is 0 Å². The molecule has 0 spiro atoms. The van der Waals surface area contributed by atoms with E-state index in [1.54, 1.807) is 11.8 Å². The Morgan fingerprint density at radius 3 is 2.74 bits per heavy atom. The molecule has 2 aromatic rings. The van der Waals surface area contributed by atoms with Crippen LogP contribution in [0.2, 0.25) is 0 Å². The zero-order valence-corrected chi connectivity index (χ0v) is 12.1. The summed E-state index contributed by atoms with van der Waals surface area (Å²) >= 11 is 1.58. The number of aromatic nitrogens is 2. The SMILES string of the molecule is Cc1cccc(SCc2nc(C(C)(C)N)no2)c1N. The maximum Gasteiger partial charge on any atom is 0.237 e. The number of anilines is 1. The van der Waals surface area contributed by atoms with Crippen molar-refractivity contribution < 1.29 is 4.52 Å². The van der Waals surface area contributed by atoms with Crippen LogP contribution in [0.25, 0.3) is 0 Å². The lowest BCUT2D eigenvalue weighted by Gasteiger charge is -2.11. The van der Waals surface area contributed by atoms with Gasteiger partial charge in [-0.25, -0.2) is 0 Å². The van der Waals surface area contributed by atoms with E-state index in [0.29, 0.717) is 17.5 Å². The van der Waals surface area contributed by atoms with Gasteiger partial charge in [0.2, 0.25) is 5.89 Å². The monoisotopic (exact) mass is 278 g/mol. The molecule has 0 saturated carbocycles. The second kappa shape index (κ2) is 5.22. The van der Waals surface area contributed by atoms with Crippen LogP contribution >= 0.6 is 11.8 Å². The van der Waals surface area contributed by atoms with Gasteiger partial charge in [-0.3, -0.25) is 0 Å². The van der Waals surface area contributed by atoms with Crippen LogP contribution in [0, 0.1) is 6.92 Å². The van der Waals surface area contributed by atoms with Crippen LogP contribution in [0.4, 0.5) is 5.69 Å². The molecule has 2 rings (SSSR count). The maximum absolute atomic E-state index is 6.01. The molecular formula is C13H18N4OS. The molecule has 0 unspecified atom stereocenters. The fourth-order valence-electron chi connectivity index (χ4n) is 1.49. The summed E-state index contributed by atoms with van der Waals surface area (Å²) in [5.41, 5.74) is 13.2. The van der Waals surface area contributed by atoms with Gasteiger partial charge in [0.1, 0.15) is 0 Å². The number of benzene rings is 1. The first-order chi connectivity index (χ1) is 8.88. The summed E-state index contributed by atoms with van der Waals surface area (Å²) in [5, 5.41) is 3.88. The van der Waals surface area contributed by atoms with Gasteiger partial charge in [0.05, 0.1) is 11.3 Å². The molecule has 0 bridgehead atoms. The highest BCUT2D eigenvalue weighted by atomic mass is 32.2. The summed E-state index contributed by atoms with van der Waals surface area (Å²) in [6.45, 7) is 5.67. The average Bonchev–Trinajstić information content (AvgIpc) is 2.79. The van der Waals surface area contributed by atoms with Crippen LogP contribution in [-0.2, 0) is 11.3 Å². The van der Waals surface area contributed by atoms with Crippen molar-refractivity contribution in [1.82, 2.24) is 10.1 Å². The lowest BCUT2D eigenvalue weighted by Crippen LogP contribution is -2.30. The van der Waals surface area contributed by atoms with Gasteiger partial charge < -0.3 is 16.0 Å². The summed E-state index contributed by atoms with van der Waals surface area (Å²) in [7, 11) is 0. The molecule has 0 saturated heterocycles. The Morgan fingerprint density at radius 2 is 2.11 bits per heavy atom. The summed E-state index contributed by atoms with van der Waals surface area (Å²) < 4.78 is 5.18. The summed E-state index contributed by atoms with van der Waals surface area (Å²) in [5.74, 6) is 1.65. The Hall–Kier alpha value is -1.53. The molecule has 0 radical (unpaired) electrons. The van der Waals surface area contributed by atoms with E-state index in [1.165, 1.54) is 0 Å². The van der Waals surface area contributed by atoms with Crippen LogP contribution < -0.4 is 11.5 Å². The van der Waals surface area contributed by atoms with Crippen LogP contribution in [0.5, 0.6) is 0 Å². The first-order valence-corrected chi connectivity index (χ1v) is 6.96. The van der Waals surface area contributed by atoms with E-state index >= 15 is 0 Å². The highest BCUT2D eigenvalue weighted by molar-refractivity contribution is 7.98. The Bertz CT molecular complexity index is 574. The number of aryl methyl sites for hydroxylation is 1. The number of nitrogens with two attached hydrogens (primary N) is 2. The average molecular weight is 278 g/mol. The van der Waals surface area contributed by atoms with Gasteiger partial charge >= 0.3 is 0 Å². The van der Waals surface area contributed by atoms with Crippen molar-refractivity contribution in [2.75, 3.05) is 5.73 Å². The van der Waals surface area contributed by atoms with Crippen LogP contribution in [-0.4, -0.2) is 10.1 Å². The van der Waals surface area contributed by atoms with E-state index in [9.17, 15) is 0 Å². The number of para-hydroxylation sites is 1. The van der Waals surface area contributed by atoms with Gasteiger partial charge in [0.15, 0.2) is 5.82 Å². The summed E-state index contributed by atoms with van der Waals surface area (Å²) in [6, 6.07) is 5.95. The first kappa shape index (κ1) is 13.9. The van der Waals surface area contributed by atoms with Crippen molar-refractivity contribution in [3.8, 4) is 0 Å². The minimum Gasteiger partial charge on any atom is -0.398 e. The normalized spacial score (nSPS) is 11.8. The number of nitrogen functional groups attached to an aromatic ring is 1. The minimum atomic E-state index is -0.589. The fraction of sp³-hybridized carbons (Fsp3) is 0.385. The molecule has 0 aliphatic heterocycles. The molecule has 0 aliphatic carbocycles. The highest BCUT2D eigenvalue weighted by Gasteiger charge is 2.21. The van der Waals surface area contributed by atoms with E-state index in [4.69, 9.17) is 16.0 Å². The van der Waals surface area contributed by atoms with Crippen LogP contribution in [0.3, 0.4) is 0 Å². The standard InChI is InChI=1S/C13H18N4OS/c1-8-5-4-6-9(11(8)14)19-7-10-16-12(17-18-10)13(2,3)15/h4-6H,7,14-15H2,1-3H3. The zero-order valence-electron chi connectivity index (χ0n) is 11.3. The molecule has 1 aromatic heterocycles. The van der Waals surface area contributed by atoms with E-state index in [2.05, 4.69) is 10.1 Å². The molecule has 1 aromatic carbocycles. The van der Waals surface area contributed by atoms with Gasteiger partial charge in [-0.1, -0.05) is 17.3 Å². The number of thioether (sulfide) groups is 1. The van der Waals surface area contributed by atoms with Gasteiger partial charge in [0, 0.05) is 10.6 Å². The highest BCUT2D eigenvalue weighted by Crippen LogP contribution is 2.29. The van der Waals surface area contributed by atoms with E-state index < -0.39 is 5.54 Å². The molecule has 102 valence electrons. The summed E-state index contributed by atoms with van der Waals surface area (Å²) in [4.78, 5) is 5.30. The third-order valence-corrected chi connectivity index (χ3v) is 3.74. The van der Waals surface area contributed by atoms with E-state index in [1.807, 2.05) is 39.0 Å². The van der Waals surface area contributed by atoms with Gasteiger partial charge in [-0.05, 0) is 32.4 Å². The first-order valence-electron chi connectivity index (χ1n) is 5.98. The molecule has 0 amide bonds. The van der Waals surface area contributed by atoms with Crippen molar-refractivity contribution in [2.24, 2.45) is 5.73 Å². The number of hydrogen-bond donors (Lipinski definition) is 2. The van der Waals surface area contributed by atoms with Gasteiger partial charge in [-0.2, -0.15) is 4.98 Å². The molecule has 1 heterocycles. The predicted octanol–water partition coefficient (Wildman–Crippen LogP) is 2.45. The number of nitrogens with zero attached hydrogens (tertiary/aromatic N) is 2. The third kappa shape index (κ3) is 3.27. The Balaban J connectivity index is 2.07. The van der Waals surface area contributed by atoms with E-state index in [0.717, 1.165) is 16.1 Å². The zero-order chi connectivity index (χ0) is 14.0.